The second-order valence-corrected chi connectivity index (χ2v) is 6.29. The molecule has 1 heterocycles. The van der Waals surface area contributed by atoms with E-state index in [1.165, 1.54) is 0 Å². The Bertz CT molecular complexity index is 979. The molecule has 4 rings (SSSR count). The van der Waals surface area contributed by atoms with Crippen LogP contribution in [0.15, 0.2) is 97.2 Å². The van der Waals surface area contributed by atoms with E-state index in [4.69, 9.17) is 9.72 Å². The molecule has 0 radical (unpaired) electrons. The van der Waals surface area contributed by atoms with Gasteiger partial charge in [0.25, 0.3) is 0 Å². The van der Waals surface area contributed by atoms with Crippen molar-refractivity contribution in [2.45, 2.75) is 13.0 Å². The molecule has 27 heavy (non-hydrogen) atoms. The van der Waals surface area contributed by atoms with Gasteiger partial charge in [-0.3, -0.25) is 4.57 Å². The molecular formula is C24H22N2O. The molecule has 1 atom stereocenters. The molecule has 0 N–H and O–H groups in total. The summed E-state index contributed by atoms with van der Waals surface area (Å²) >= 11 is 0. The van der Waals surface area contributed by atoms with Gasteiger partial charge in [0.2, 0.25) is 0 Å². The SMILES string of the molecule is CCOC(c1ccccc1)c1cnc(-c2ccccc2)n1-c1ccccc1. The topological polar surface area (TPSA) is 27.1 Å². The standard InChI is InChI=1S/C24H22N2O/c1-2-27-23(19-12-6-3-7-13-19)22-18-25-24(20-14-8-4-9-15-20)26(22)21-16-10-5-11-17-21/h3-18,23H,2H2,1H3. The second-order valence-electron chi connectivity index (χ2n) is 6.29. The average Bonchev–Trinajstić information content (AvgIpc) is 3.18. The maximum absolute atomic E-state index is 6.16. The summed E-state index contributed by atoms with van der Waals surface area (Å²) in [5.41, 5.74) is 4.30. The molecule has 0 aliphatic heterocycles. The third kappa shape index (κ3) is 3.55. The van der Waals surface area contributed by atoms with Gasteiger partial charge in [0.05, 0.1) is 11.9 Å². The first-order valence-corrected chi connectivity index (χ1v) is 9.23. The van der Waals surface area contributed by atoms with Gasteiger partial charge in [-0.05, 0) is 24.6 Å². The van der Waals surface area contributed by atoms with Crippen molar-refractivity contribution in [3.05, 3.63) is 108 Å². The van der Waals surface area contributed by atoms with Gasteiger partial charge in [0.1, 0.15) is 11.9 Å². The highest BCUT2D eigenvalue weighted by atomic mass is 16.5. The van der Waals surface area contributed by atoms with Crippen molar-refractivity contribution in [2.75, 3.05) is 6.61 Å². The molecule has 0 saturated carbocycles. The molecule has 0 amide bonds. The van der Waals surface area contributed by atoms with Crippen molar-refractivity contribution < 1.29 is 4.74 Å². The minimum Gasteiger partial charge on any atom is -0.367 e. The molecule has 0 spiro atoms. The summed E-state index contributed by atoms with van der Waals surface area (Å²) < 4.78 is 8.36. The highest BCUT2D eigenvalue weighted by molar-refractivity contribution is 5.60. The first-order valence-electron chi connectivity index (χ1n) is 9.23. The third-order valence-electron chi connectivity index (χ3n) is 4.54. The van der Waals surface area contributed by atoms with Gasteiger partial charge >= 0.3 is 0 Å². The summed E-state index contributed by atoms with van der Waals surface area (Å²) in [4.78, 5) is 4.77. The van der Waals surface area contributed by atoms with E-state index in [0.717, 1.165) is 28.3 Å². The van der Waals surface area contributed by atoms with Gasteiger partial charge in [-0.15, -0.1) is 0 Å². The van der Waals surface area contributed by atoms with Crippen molar-refractivity contribution in [3.63, 3.8) is 0 Å². The Kier molecular flexibility index (Phi) is 5.13. The number of ether oxygens (including phenoxy) is 1. The number of nitrogens with zero attached hydrogens (tertiary/aromatic N) is 2. The highest BCUT2D eigenvalue weighted by Gasteiger charge is 2.22. The van der Waals surface area contributed by atoms with E-state index >= 15 is 0 Å². The van der Waals surface area contributed by atoms with E-state index in [2.05, 4.69) is 41.0 Å². The van der Waals surface area contributed by atoms with Crippen LogP contribution in [0.2, 0.25) is 0 Å². The fourth-order valence-electron chi connectivity index (χ4n) is 3.34. The lowest BCUT2D eigenvalue weighted by molar-refractivity contribution is 0.0873. The number of hydrogen-bond acceptors (Lipinski definition) is 2. The molecule has 0 saturated heterocycles. The van der Waals surface area contributed by atoms with Gasteiger partial charge in [-0.25, -0.2) is 4.98 Å². The van der Waals surface area contributed by atoms with Crippen LogP contribution in [0.1, 0.15) is 24.3 Å². The zero-order chi connectivity index (χ0) is 18.5. The van der Waals surface area contributed by atoms with Crippen LogP contribution in [0.25, 0.3) is 17.1 Å². The van der Waals surface area contributed by atoms with Crippen LogP contribution in [-0.2, 0) is 4.74 Å². The van der Waals surface area contributed by atoms with E-state index in [-0.39, 0.29) is 6.10 Å². The van der Waals surface area contributed by atoms with E-state index in [1.807, 2.05) is 67.7 Å². The van der Waals surface area contributed by atoms with E-state index in [1.54, 1.807) is 0 Å². The monoisotopic (exact) mass is 354 g/mol. The molecule has 134 valence electrons. The molecule has 3 heteroatoms. The van der Waals surface area contributed by atoms with Crippen LogP contribution in [-0.4, -0.2) is 16.2 Å². The van der Waals surface area contributed by atoms with Crippen LogP contribution in [0.4, 0.5) is 0 Å². The predicted octanol–water partition coefficient (Wildman–Crippen LogP) is 5.67. The maximum atomic E-state index is 6.16. The van der Waals surface area contributed by atoms with Crippen LogP contribution in [0.3, 0.4) is 0 Å². The molecule has 0 aliphatic rings. The molecule has 0 aliphatic carbocycles. The molecule has 4 aromatic rings. The molecule has 0 fully saturated rings. The van der Waals surface area contributed by atoms with E-state index in [9.17, 15) is 0 Å². The summed E-state index contributed by atoms with van der Waals surface area (Å²) in [7, 11) is 0. The Hall–Kier alpha value is -3.17. The van der Waals surface area contributed by atoms with Gasteiger partial charge in [0.15, 0.2) is 0 Å². The Morgan fingerprint density at radius 3 is 2.04 bits per heavy atom. The smallest absolute Gasteiger partial charge is 0.144 e. The number of benzene rings is 3. The Morgan fingerprint density at radius 1 is 0.815 bits per heavy atom. The Morgan fingerprint density at radius 2 is 1.41 bits per heavy atom. The van der Waals surface area contributed by atoms with Crippen LogP contribution in [0, 0.1) is 0 Å². The Labute approximate surface area is 159 Å². The van der Waals surface area contributed by atoms with E-state index < -0.39 is 0 Å². The number of rotatable bonds is 6. The largest absolute Gasteiger partial charge is 0.367 e. The minimum absolute atomic E-state index is 0.179. The van der Waals surface area contributed by atoms with Crippen molar-refractivity contribution >= 4 is 0 Å². The number of hydrogen-bond donors (Lipinski definition) is 0. The van der Waals surface area contributed by atoms with Gasteiger partial charge in [-0.2, -0.15) is 0 Å². The first kappa shape index (κ1) is 17.3. The van der Waals surface area contributed by atoms with Crippen LogP contribution >= 0.6 is 0 Å². The zero-order valence-electron chi connectivity index (χ0n) is 15.3. The molecule has 1 aromatic heterocycles. The molecule has 3 aromatic carbocycles. The van der Waals surface area contributed by atoms with Crippen LogP contribution in [0.5, 0.6) is 0 Å². The van der Waals surface area contributed by atoms with E-state index in [0.29, 0.717) is 6.61 Å². The fourth-order valence-corrected chi connectivity index (χ4v) is 3.34. The Balaban J connectivity index is 1.91. The molecule has 1 unspecified atom stereocenters. The summed E-state index contributed by atoms with van der Waals surface area (Å²) in [6, 6.07) is 30.9. The lowest BCUT2D eigenvalue weighted by Gasteiger charge is -2.21. The third-order valence-corrected chi connectivity index (χ3v) is 4.54. The number of imidazole rings is 1. The minimum atomic E-state index is -0.179. The summed E-state index contributed by atoms with van der Waals surface area (Å²) in [6.45, 7) is 2.65. The number of aromatic nitrogens is 2. The summed E-state index contributed by atoms with van der Waals surface area (Å²) in [6.07, 6.45) is 1.75. The van der Waals surface area contributed by atoms with Crippen molar-refractivity contribution in [1.29, 1.82) is 0 Å². The van der Waals surface area contributed by atoms with Gasteiger partial charge in [0, 0.05) is 17.9 Å². The normalized spacial score (nSPS) is 12.0. The maximum Gasteiger partial charge on any atom is 0.144 e. The summed E-state index contributed by atoms with van der Waals surface area (Å²) in [5.74, 6) is 0.914. The fraction of sp³-hybridized carbons (Fsp3) is 0.125. The zero-order valence-corrected chi connectivity index (χ0v) is 15.3. The number of para-hydroxylation sites is 1. The van der Waals surface area contributed by atoms with Crippen LogP contribution < -0.4 is 0 Å². The van der Waals surface area contributed by atoms with Crippen molar-refractivity contribution in [3.8, 4) is 17.1 Å². The molecule has 0 bridgehead atoms. The highest BCUT2D eigenvalue weighted by Crippen LogP contribution is 2.32. The van der Waals surface area contributed by atoms with Crippen molar-refractivity contribution in [1.82, 2.24) is 9.55 Å². The molecule has 3 nitrogen and oxygen atoms in total. The lowest BCUT2D eigenvalue weighted by atomic mass is 10.1. The second kappa shape index (κ2) is 8.02. The summed E-state index contributed by atoms with van der Waals surface area (Å²) in [5, 5.41) is 0. The first-order chi connectivity index (χ1) is 13.4. The lowest BCUT2D eigenvalue weighted by Crippen LogP contribution is -2.12. The predicted molar refractivity (Wildman–Crippen MR) is 109 cm³/mol. The van der Waals surface area contributed by atoms with Crippen molar-refractivity contribution in [2.24, 2.45) is 0 Å². The van der Waals surface area contributed by atoms with Gasteiger partial charge in [-0.1, -0.05) is 78.9 Å². The molecular weight excluding hydrogens is 332 g/mol. The van der Waals surface area contributed by atoms with Gasteiger partial charge < -0.3 is 4.74 Å². The average molecular weight is 354 g/mol. The quantitative estimate of drug-likeness (QED) is 0.446.